The van der Waals surface area contributed by atoms with Gasteiger partial charge in [0.1, 0.15) is 0 Å². The van der Waals surface area contributed by atoms with E-state index in [4.69, 9.17) is 0 Å². The summed E-state index contributed by atoms with van der Waals surface area (Å²) in [5.41, 5.74) is 0.865. The Labute approximate surface area is 84.9 Å². The van der Waals surface area contributed by atoms with Crippen LogP contribution in [0.4, 0.5) is 8.78 Å². The third-order valence-corrected chi connectivity index (χ3v) is 3.80. The van der Waals surface area contributed by atoms with Crippen molar-refractivity contribution >= 4 is 14.9 Å². The van der Waals surface area contributed by atoms with Crippen LogP contribution in [0, 0.1) is 0 Å². The lowest BCUT2D eigenvalue weighted by Crippen LogP contribution is -2.13. The monoisotopic (exact) mass is 212 g/mol. The second kappa shape index (κ2) is 5.05. The van der Waals surface area contributed by atoms with E-state index < -0.39 is 15.2 Å². The second-order valence-electron chi connectivity index (χ2n) is 3.51. The van der Waals surface area contributed by atoms with E-state index in [1.54, 1.807) is 6.08 Å². The van der Waals surface area contributed by atoms with Gasteiger partial charge in [-0.1, -0.05) is 49.5 Å². The lowest BCUT2D eigenvalue weighted by molar-refractivity contribution is 0.199. The summed E-state index contributed by atoms with van der Waals surface area (Å²) in [4.78, 5) is 0. The van der Waals surface area contributed by atoms with Crippen molar-refractivity contribution < 1.29 is 8.78 Å². The number of rotatable bonds is 3. The van der Waals surface area contributed by atoms with Gasteiger partial charge in [-0.25, -0.2) is 8.78 Å². The van der Waals surface area contributed by atoms with Crippen LogP contribution in [-0.2, 0) is 0 Å². The Morgan fingerprint density at radius 2 is 1.79 bits per heavy atom. The standard InChI is InChI=1S/C11H14F2Si/c1-14(2)10(11(12)13)8-9-6-4-3-5-7-9/h3-8,11,14H,1-2H3. The third-order valence-electron chi connectivity index (χ3n) is 2.05. The van der Waals surface area contributed by atoms with Crippen molar-refractivity contribution in [2.24, 2.45) is 0 Å². The van der Waals surface area contributed by atoms with Crippen LogP contribution in [0.25, 0.3) is 6.08 Å². The molecule has 1 aromatic carbocycles. The minimum Gasteiger partial charge on any atom is -0.206 e. The van der Waals surface area contributed by atoms with Crippen LogP contribution in [0.3, 0.4) is 0 Å². The van der Waals surface area contributed by atoms with Gasteiger partial charge in [-0.2, -0.15) is 0 Å². The molecule has 0 atom stereocenters. The topological polar surface area (TPSA) is 0 Å². The summed E-state index contributed by atoms with van der Waals surface area (Å²) < 4.78 is 25.2. The van der Waals surface area contributed by atoms with Crippen LogP contribution >= 0.6 is 0 Å². The number of hydrogen-bond donors (Lipinski definition) is 0. The maximum Gasteiger partial charge on any atom is 0.256 e. The molecule has 0 amide bonds. The lowest BCUT2D eigenvalue weighted by atomic mass is 10.2. The van der Waals surface area contributed by atoms with Crippen molar-refractivity contribution in [1.29, 1.82) is 0 Å². The largest absolute Gasteiger partial charge is 0.256 e. The van der Waals surface area contributed by atoms with Crippen molar-refractivity contribution in [3.05, 3.63) is 41.1 Å². The maximum atomic E-state index is 12.6. The molecule has 0 aliphatic rings. The number of allylic oxidation sites excluding steroid dienone is 1. The SMILES string of the molecule is C[SiH](C)C(=Cc1ccccc1)C(F)F. The molecule has 0 spiro atoms. The van der Waals surface area contributed by atoms with Crippen LogP contribution in [0.1, 0.15) is 5.56 Å². The predicted molar refractivity (Wildman–Crippen MR) is 59.3 cm³/mol. The van der Waals surface area contributed by atoms with Gasteiger partial charge in [0.25, 0.3) is 6.43 Å². The van der Waals surface area contributed by atoms with Crippen LogP contribution in [0.5, 0.6) is 0 Å². The molecule has 1 rings (SSSR count). The Hall–Kier alpha value is -0.963. The molecule has 0 saturated carbocycles. The summed E-state index contributed by atoms with van der Waals surface area (Å²) in [6, 6.07) is 9.29. The summed E-state index contributed by atoms with van der Waals surface area (Å²) in [7, 11) is -1.40. The molecule has 3 heteroatoms. The molecule has 0 fully saturated rings. The molecule has 0 unspecified atom stereocenters. The fourth-order valence-electron chi connectivity index (χ4n) is 1.22. The fraction of sp³-hybridized carbons (Fsp3) is 0.273. The zero-order valence-electron chi connectivity index (χ0n) is 8.37. The molecule has 14 heavy (non-hydrogen) atoms. The van der Waals surface area contributed by atoms with Crippen LogP contribution in [0.2, 0.25) is 13.1 Å². The molecule has 0 N–H and O–H groups in total. The van der Waals surface area contributed by atoms with Crippen LogP contribution in [-0.4, -0.2) is 15.2 Å². The molecule has 0 nitrogen and oxygen atoms in total. The molecule has 0 aliphatic heterocycles. The Kier molecular flexibility index (Phi) is 4.01. The Morgan fingerprint density at radius 1 is 1.21 bits per heavy atom. The minimum absolute atomic E-state index is 0.330. The summed E-state index contributed by atoms with van der Waals surface area (Å²) in [6.07, 6.45) is -0.677. The average molecular weight is 212 g/mol. The molecule has 1 aromatic rings. The van der Waals surface area contributed by atoms with Gasteiger partial charge < -0.3 is 0 Å². The van der Waals surface area contributed by atoms with Gasteiger partial charge in [0, 0.05) is 0 Å². The van der Waals surface area contributed by atoms with E-state index in [2.05, 4.69) is 0 Å². The van der Waals surface area contributed by atoms with Crippen molar-refractivity contribution in [3.8, 4) is 0 Å². The quantitative estimate of drug-likeness (QED) is 0.674. The maximum absolute atomic E-state index is 12.6. The first-order valence-corrected chi connectivity index (χ1v) is 7.54. The molecule has 0 aliphatic carbocycles. The highest BCUT2D eigenvalue weighted by Crippen LogP contribution is 2.16. The van der Waals surface area contributed by atoms with Gasteiger partial charge in [0.2, 0.25) is 0 Å². The highest BCUT2D eigenvalue weighted by molar-refractivity contribution is 6.65. The van der Waals surface area contributed by atoms with Crippen LogP contribution < -0.4 is 0 Å². The van der Waals surface area contributed by atoms with Gasteiger partial charge in [0.15, 0.2) is 0 Å². The first-order valence-electron chi connectivity index (χ1n) is 4.66. The molecule has 76 valence electrons. The van der Waals surface area contributed by atoms with Crippen molar-refractivity contribution in [1.82, 2.24) is 0 Å². The molecule has 0 aromatic heterocycles. The second-order valence-corrected chi connectivity index (χ2v) is 6.49. The fourth-order valence-corrected chi connectivity index (χ4v) is 2.25. The van der Waals surface area contributed by atoms with Crippen LogP contribution in [0.15, 0.2) is 35.5 Å². The Morgan fingerprint density at radius 3 is 2.21 bits per heavy atom. The highest BCUT2D eigenvalue weighted by atomic mass is 28.3. The summed E-state index contributed by atoms with van der Waals surface area (Å²) in [5, 5.41) is 0.330. The molecule has 0 bridgehead atoms. The number of hydrogen-bond acceptors (Lipinski definition) is 0. The van der Waals surface area contributed by atoms with E-state index in [1.807, 2.05) is 43.4 Å². The first kappa shape index (κ1) is 11.1. The van der Waals surface area contributed by atoms with E-state index in [1.165, 1.54) is 0 Å². The Balaban J connectivity index is 2.94. The van der Waals surface area contributed by atoms with Gasteiger partial charge in [-0.15, -0.1) is 0 Å². The van der Waals surface area contributed by atoms with Crippen molar-refractivity contribution in [2.45, 2.75) is 19.5 Å². The summed E-state index contributed by atoms with van der Waals surface area (Å²) in [5.74, 6) is 0. The first-order chi connectivity index (χ1) is 6.61. The molecule has 0 heterocycles. The van der Waals surface area contributed by atoms with Crippen molar-refractivity contribution in [2.75, 3.05) is 0 Å². The molecular formula is C11H14F2Si. The minimum atomic E-state index is -2.30. The van der Waals surface area contributed by atoms with Gasteiger partial charge in [-0.3, -0.25) is 0 Å². The highest BCUT2D eigenvalue weighted by Gasteiger charge is 2.15. The zero-order chi connectivity index (χ0) is 10.6. The molecule has 0 saturated heterocycles. The summed E-state index contributed by atoms with van der Waals surface area (Å²) >= 11 is 0. The normalized spacial score (nSPS) is 12.6. The van der Waals surface area contributed by atoms with Gasteiger partial charge >= 0.3 is 0 Å². The van der Waals surface area contributed by atoms with Crippen molar-refractivity contribution in [3.63, 3.8) is 0 Å². The molecular weight excluding hydrogens is 198 g/mol. The predicted octanol–water partition coefficient (Wildman–Crippen LogP) is 3.36. The smallest absolute Gasteiger partial charge is 0.206 e. The van der Waals surface area contributed by atoms with E-state index in [0.717, 1.165) is 5.56 Å². The van der Waals surface area contributed by atoms with E-state index in [0.29, 0.717) is 5.20 Å². The molecule has 0 radical (unpaired) electrons. The van der Waals surface area contributed by atoms with Gasteiger partial charge in [0.05, 0.1) is 8.80 Å². The van der Waals surface area contributed by atoms with E-state index in [-0.39, 0.29) is 0 Å². The van der Waals surface area contributed by atoms with E-state index in [9.17, 15) is 8.78 Å². The Bertz CT molecular complexity index is 294. The average Bonchev–Trinajstić information content (AvgIpc) is 2.15. The number of halogens is 2. The lowest BCUT2D eigenvalue weighted by Gasteiger charge is -2.08. The van der Waals surface area contributed by atoms with Gasteiger partial charge in [-0.05, 0) is 10.8 Å². The zero-order valence-corrected chi connectivity index (χ0v) is 9.53. The third kappa shape index (κ3) is 3.07. The van der Waals surface area contributed by atoms with E-state index >= 15 is 0 Å². The number of alkyl halides is 2. The number of benzene rings is 1. The summed E-state index contributed by atoms with van der Waals surface area (Å²) in [6.45, 7) is 3.84.